The second kappa shape index (κ2) is 3.90. The summed E-state index contributed by atoms with van der Waals surface area (Å²) in [7, 11) is 0. The lowest BCUT2D eigenvalue weighted by Crippen LogP contribution is -1.80. The van der Waals surface area contributed by atoms with Crippen LogP contribution in [0.3, 0.4) is 0 Å². The van der Waals surface area contributed by atoms with Crippen LogP contribution < -0.4 is 0 Å². The molecule has 0 rings (SSSR count). The van der Waals surface area contributed by atoms with Gasteiger partial charge in [0.1, 0.15) is 0 Å². The summed E-state index contributed by atoms with van der Waals surface area (Å²) >= 11 is 3.35. The van der Waals surface area contributed by atoms with Gasteiger partial charge in [0.15, 0.2) is 0 Å². The molecule has 0 amide bonds. The van der Waals surface area contributed by atoms with E-state index < -0.39 is 0 Å². The van der Waals surface area contributed by atoms with Crippen LogP contribution in [0.2, 0.25) is 0 Å². The second-order valence-electron chi connectivity index (χ2n) is 1.86. The highest BCUT2D eigenvalue weighted by Gasteiger charge is 1.87. The predicted molar refractivity (Wildman–Crippen MR) is 42.4 cm³/mol. The minimum absolute atomic E-state index is 0.916. The fourth-order valence-corrected chi connectivity index (χ4v) is 1.18. The topological polar surface area (TPSA) is 0 Å². The molecule has 0 atom stereocenters. The zero-order chi connectivity index (χ0) is 6.57. The summed E-state index contributed by atoms with van der Waals surface area (Å²) in [5.74, 6) is 0. The second-order valence-corrected chi connectivity index (χ2v) is 2.42. The van der Waals surface area contributed by atoms with E-state index in [1.54, 1.807) is 0 Å². The molecule has 0 N–H and O–H groups in total. The first kappa shape index (κ1) is 7.96. The average molecular weight is 175 g/mol. The third-order valence-electron chi connectivity index (χ3n) is 1.03. The van der Waals surface area contributed by atoms with Gasteiger partial charge >= 0.3 is 0 Å². The van der Waals surface area contributed by atoms with Crippen LogP contribution in [0.15, 0.2) is 23.8 Å². The molecule has 0 aliphatic carbocycles. The van der Waals surface area contributed by atoms with Gasteiger partial charge in [0.05, 0.1) is 0 Å². The maximum Gasteiger partial charge on any atom is 0.0282 e. The zero-order valence-corrected chi connectivity index (χ0v) is 6.96. The first-order valence-corrected chi connectivity index (χ1v) is 3.69. The van der Waals surface area contributed by atoms with E-state index in [1.165, 1.54) is 11.1 Å². The Kier molecular flexibility index (Phi) is 3.88. The quantitative estimate of drug-likeness (QED) is 0.447. The summed E-state index contributed by atoms with van der Waals surface area (Å²) in [4.78, 5) is 0. The van der Waals surface area contributed by atoms with E-state index in [9.17, 15) is 0 Å². The summed E-state index contributed by atoms with van der Waals surface area (Å²) in [5, 5.41) is 0.916. The van der Waals surface area contributed by atoms with Crippen molar-refractivity contribution in [2.75, 3.05) is 5.33 Å². The maximum atomic E-state index is 3.67. The molecule has 0 saturated heterocycles. The lowest BCUT2D eigenvalue weighted by molar-refractivity contribution is 1.31. The Labute approximate surface area is 59.4 Å². The van der Waals surface area contributed by atoms with Gasteiger partial charge in [-0.2, -0.15) is 0 Å². The normalized spacial score (nSPS) is 8.38. The van der Waals surface area contributed by atoms with E-state index in [0.29, 0.717) is 0 Å². The minimum Gasteiger partial charge on any atom is -0.0988 e. The molecule has 0 aliphatic heterocycles. The number of hydrogen-bond acceptors (Lipinski definition) is 0. The molecule has 0 bridgehead atoms. The Morgan fingerprint density at radius 3 is 2.12 bits per heavy atom. The molecule has 0 unspecified atom stereocenters. The van der Waals surface area contributed by atoms with Gasteiger partial charge in [-0.3, -0.25) is 0 Å². The van der Waals surface area contributed by atoms with Crippen molar-refractivity contribution in [2.45, 2.75) is 13.8 Å². The highest BCUT2D eigenvalue weighted by molar-refractivity contribution is 9.09. The highest BCUT2D eigenvalue weighted by atomic mass is 79.9. The predicted octanol–water partition coefficient (Wildman–Crippen LogP) is 2.90. The molecule has 1 heteroatoms. The van der Waals surface area contributed by atoms with E-state index in [4.69, 9.17) is 0 Å². The van der Waals surface area contributed by atoms with E-state index in [2.05, 4.69) is 36.4 Å². The molecule has 0 fully saturated rings. The van der Waals surface area contributed by atoms with Crippen molar-refractivity contribution in [3.05, 3.63) is 23.8 Å². The van der Waals surface area contributed by atoms with Crippen molar-refractivity contribution in [2.24, 2.45) is 0 Å². The van der Waals surface area contributed by atoms with Gasteiger partial charge in [0.25, 0.3) is 0 Å². The van der Waals surface area contributed by atoms with Crippen LogP contribution >= 0.6 is 15.9 Å². The van der Waals surface area contributed by atoms with Gasteiger partial charge in [-0.25, -0.2) is 0 Å². The molecule has 0 saturated carbocycles. The summed E-state index contributed by atoms with van der Waals surface area (Å²) < 4.78 is 0. The van der Waals surface area contributed by atoms with Gasteiger partial charge in [-0.05, 0) is 19.4 Å². The molecule has 0 aromatic carbocycles. The summed E-state index contributed by atoms with van der Waals surface area (Å²) in [5.41, 5.74) is 2.61. The van der Waals surface area contributed by atoms with Crippen molar-refractivity contribution in [1.82, 2.24) is 0 Å². The Bertz CT molecular complexity index is 108. The molecule has 0 aliphatic rings. The summed E-state index contributed by atoms with van der Waals surface area (Å²) in [6.07, 6.45) is 1.88. The first-order chi connectivity index (χ1) is 3.72. The van der Waals surface area contributed by atoms with Gasteiger partial charge in [0, 0.05) is 5.33 Å². The molecule has 0 heterocycles. The van der Waals surface area contributed by atoms with Gasteiger partial charge in [-0.1, -0.05) is 34.2 Å². The van der Waals surface area contributed by atoms with Crippen molar-refractivity contribution in [3.8, 4) is 0 Å². The standard InChI is InChI=1S/C7H11Br/c1-4-7(5-8)6(2)3/h4H,1,5H2,2-3H3. The molecular weight excluding hydrogens is 164 g/mol. The average Bonchev–Trinajstić information content (AvgIpc) is 1.69. The Balaban J connectivity index is 4.07. The number of hydrogen-bond donors (Lipinski definition) is 0. The van der Waals surface area contributed by atoms with E-state index in [1.807, 2.05) is 6.08 Å². The fourth-order valence-electron chi connectivity index (χ4n) is 0.392. The van der Waals surface area contributed by atoms with E-state index in [-0.39, 0.29) is 0 Å². The largest absolute Gasteiger partial charge is 0.0988 e. The van der Waals surface area contributed by atoms with Crippen molar-refractivity contribution < 1.29 is 0 Å². The first-order valence-electron chi connectivity index (χ1n) is 2.57. The fraction of sp³-hybridized carbons (Fsp3) is 0.429. The van der Waals surface area contributed by atoms with Crippen molar-refractivity contribution in [3.63, 3.8) is 0 Å². The molecular formula is C7H11Br. The monoisotopic (exact) mass is 174 g/mol. The van der Waals surface area contributed by atoms with Crippen LogP contribution in [0, 0.1) is 0 Å². The lowest BCUT2D eigenvalue weighted by Gasteiger charge is -1.95. The highest BCUT2D eigenvalue weighted by Crippen LogP contribution is 2.06. The van der Waals surface area contributed by atoms with Crippen LogP contribution in [0.4, 0.5) is 0 Å². The molecule has 0 radical (unpaired) electrons. The number of halogens is 1. The molecule has 0 nitrogen and oxygen atoms in total. The van der Waals surface area contributed by atoms with Gasteiger partial charge in [-0.15, -0.1) is 0 Å². The van der Waals surface area contributed by atoms with Crippen molar-refractivity contribution in [1.29, 1.82) is 0 Å². The van der Waals surface area contributed by atoms with Crippen LogP contribution in [0.5, 0.6) is 0 Å². The van der Waals surface area contributed by atoms with Crippen LogP contribution in [0.25, 0.3) is 0 Å². The smallest absolute Gasteiger partial charge is 0.0282 e. The summed E-state index contributed by atoms with van der Waals surface area (Å²) in [6.45, 7) is 7.83. The molecule has 8 heavy (non-hydrogen) atoms. The number of rotatable bonds is 2. The zero-order valence-electron chi connectivity index (χ0n) is 5.37. The maximum absolute atomic E-state index is 3.67. The Hall–Kier alpha value is -0.0400. The Morgan fingerprint density at radius 2 is 2.12 bits per heavy atom. The summed E-state index contributed by atoms with van der Waals surface area (Å²) in [6, 6.07) is 0. The number of alkyl halides is 1. The molecule has 0 aromatic heterocycles. The van der Waals surface area contributed by atoms with Gasteiger partial charge < -0.3 is 0 Å². The third kappa shape index (κ3) is 2.31. The Morgan fingerprint density at radius 1 is 1.62 bits per heavy atom. The van der Waals surface area contributed by atoms with E-state index >= 15 is 0 Å². The SMILES string of the molecule is C=CC(CBr)=C(C)C. The van der Waals surface area contributed by atoms with Crippen LogP contribution in [-0.4, -0.2) is 5.33 Å². The third-order valence-corrected chi connectivity index (χ3v) is 1.64. The minimum atomic E-state index is 0.916. The van der Waals surface area contributed by atoms with E-state index in [0.717, 1.165) is 5.33 Å². The molecule has 0 aromatic rings. The lowest BCUT2D eigenvalue weighted by atomic mass is 10.2. The number of allylic oxidation sites excluding steroid dienone is 3. The molecule has 0 spiro atoms. The van der Waals surface area contributed by atoms with Crippen LogP contribution in [0.1, 0.15) is 13.8 Å². The molecule has 46 valence electrons. The van der Waals surface area contributed by atoms with Crippen molar-refractivity contribution >= 4 is 15.9 Å². The van der Waals surface area contributed by atoms with Crippen LogP contribution in [-0.2, 0) is 0 Å². The van der Waals surface area contributed by atoms with Gasteiger partial charge in [0.2, 0.25) is 0 Å².